The molecular weight excluding hydrogens is 290 g/mol. The summed E-state index contributed by atoms with van der Waals surface area (Å²) in [5.41, 5.74) is 1.28. The lowest BCUT2D eigenvalue weighted by molar-refractivity contribution is 0.511. The molecule has 0 N–H and O–H groups in total. The maximum absolute atomic E-state index is 13.6. The standard InChI is InChI=1S/C13H11BrF2O/c1-2-12-10(5-6-17-12)13(14)9-4-3-8(15)7-11(9)16/h3-7,13H,2H2,1H3. The van der Waals surface area contributed by atoms with Crippen LogP contribution in [0.2, 0.25) is 0 Å². The molecule has 0 spiro atoms. The van der Waals surface area contributed by atoms with Crippen LogP contribution in [0, 0.1) is 11.6 Å². The number of halogens is 3. The second-order valence-corrected chi connectivity index (χ2v) is 4.60. The summed E-state index contributed by atoms with van der Waals surface area (Å²) in [6, 6.07) is 5.37. The van der Waals surface area contributed by atoms with E-state index in [1.54, 1.807) is 12.3 Å². The summed E-state index contributed by atoms with van der Waals surface area (Å²) in [7, 11) is 0. The lowest BCUT2D eigenvalue weighted by Crippen LogP contribution is -1.98. The van der Waals surface area contributed by atoms with Gasteiger partial charge in [-0.2, -0.15) is 0 Å². The topological polar surface area (TPSA) is 13.1 Å². The normalized spacial score (nSPS) is 12.7. The number of hydrogen-bond acceptors (Lipinski definition) is 1. The highest BCUT2D eigenvalue weighted by Crippen LogP contribution is 2.35. The number of benzene rings is 1. The van der Waals surface area contributed by atoms with Crippen molar-refractivity contribution in [2.45, 2.75) is 18.2 Å². The third kappa shape index (κ3) is 2.41. The number of rotatable bonds is 3. The summed E-state index contributed by atoms with van der Waals surface area (Å²) in [4.78, 5) is -0.322. The average molecular weight is 301 g/mol. The fourth-order valence-corrected chi connectivity index (χ4v) is 2.52. The summed E-state index contributed by atoms with van der Waals surface area (Å²) in [5.74, 6) is -0.334. The van der Waals surface area contributed by atoms with Crippen LogP contribution in [0.15, 0.2) is 34.9 Å². The summed E-state index contributed by atoms with van der Waals surface area (Å²) in [6.45, 7) is 1.96. The first-order valence-corrected chi connectivity index (χ1v) is 6.20. The van der Waals surface area contributed by atoms with Crippen molar-refractivity contribution in [2.75, 3.05) is 0 Å². The fraction of sp³-hybridized carbons (Fsp3) is 0.231. The predicted molar refractivity (Wildman–Crippen MR) is 65.2 cm³/mol. The molecule has 0 radical (unpaired) electrons. The smallest absolute Gasteiger partial charge is 0.130 e. The van der Waals surface area contributed by atoms with Gasteiger partial charge in [0.1, 0.15) is 17.4 Å². The third-order valence-electron chi connectivity index (χ3n) is 2.61. The van der Waals surface area contributed by atoms with Crippen LogP contribution in [0.5, 0.6) is 0 Å². The minimum absolute atomic E-state index is 0.322. The lowest BCUT2D eigenvalue weighted by Gasteiger charge is -2.11. The summed E-state index contributed by atoms with van der Waals surface area (Å²) in [6.07, 6.45) is 2.30. The number of alkyl halides is 1. The largest absolute Gasteiger partial charge is 0.469 e. The average Bonchev–Trinajstić information content (AvgIpc) is 2.76. The van der Waals surface area contributed by atoms with Crippen molar-refractivity contribution in [1.82, 2.24) is 0 Å². The van der Waals surface area contributed by atoms with Gasteiger partial charge in [-0.1, -0.05) is 28.9 Å². The van der Waals surface area contributed by atoms with Crippen molar-refractivity contribution < 1.29 is 13.2 Å². The van der Waals surface area contributed by atoms with E-state index in [9.17, 15) is 8.78 Å². The molecule has 1 aromatic heterocycles. The number of aryl methyl sites for hydroxylation is 1. The highest BCUT2D eigenvalue weighted by atomic mass is 79.9. The molecule has 17 heavy (non-hydrogen) atoms. The van der Waals surface area contributed by atoms with Gasteiger partial charge in [0, 0.05) is 23.6 Å². The molecule has 0 aliphatic heterocycles. The minimum atomic E-state index is -0.575. The van der Waals surface area contributed by atoms with Crippen molar-refractivity contribution in [3.63, 3.8) is 0 Å². The molecule has 0 aliphatic rings. The van der Waals surface area contributed by atoms with Crippen LogP contribution in [0.25, 0.3) is 0 Å². The Kier molecular flexibility index (Phi) is 3.62. The van der Waals surface area contributed by atoms with E-state index < -0.39 is 11.6 Å². The van der Waals surface area contributed by atoms with Crippen LogP contribution < -0.4 is 0 Å². The van der Waals surface area contributed by atoms with E-state index in [1.807, 2.05) is 6.92 Å². The Morgan fingerprint density at radius 2 is 2.00 bits per heavy atom. The van der Waals surface area contributed by atoms with Gasteiger partial charge in [0.05, 0.1) is 11.1 Å². The zero-order chi connectivity index (χ0) is 12.4. The second-order valence-electron chi connectivity index (χ2n) is 3.68. The van der Waals surface area contributed by atoms with Crippen molar-refractivity contribution in [3.05, 3.63) is 59.1 Å². The highest BCUT2D eigenvalue weighted by Gasteiger charge is 2.19. The maximum atomic E-state index is 13.6. The van der Waals surface area contributed by atoms with E-state index in [1.165, 1.54) is 12.1 Å². The van der Waals surface area contributed by atoms with E-state index in [2.05, 4.69) is 15.9 Å². The Labute approximate surface area is 107 Å². The maximum Gasteiger partial charge on any atom is 0.130 e. The molecular formula is C13H11BrF2O. The van der Waals surface area contributed by atoms with Gasteiger partial charge in [0.15, 0.2) is 0 Å². The first-order valence-electron chi connectivity index (χ1n) is 5.28. The fourth-order valence-electron chi connectivity index (χ4n) is 1.74. The second kappa shape index (κ2) is 5.00. The van der Waals surface area contributed by atoms with Crippen LogP contribution in [-0.4, -0.2) is 0 Å². The summed E-state index contributed by atoms with van der Waals surface area (Å²) < 4.78 is 31.7. The van der Waals surface area contributed by atoms with Crippen molar-refractivity contribution >= 4 is 15.9 Å². The minimum Gasteiger partial charge on any atom is -0.469 e. The molecule has 1 nitrogen and oxygen atoms in total. The summed E-state index contributed by atoms with van der Waals surface area (Å²) >= 11 is 3.42. The Balaban J connectivity index is 2.40. The highest BCUT2D eigenvalue weighted by molar-refractivity contribution is 9.09. The van der Waals surface area contributed by atoms with E-state index >= 15 is 0 Å². The van der Waals surface area contributed by atoms with Gasteiger partial charge >= 0.3 is 0 Å². The number of hydrogen-bond donors (Lipinski definition) is 0. The molecule has 1 aromatic carbocycles. The molecule has 0 saturated heterocycles. The molecule has 2 aromatic rings. The van der Waals surface area contributed by atoms with E-state index in [-0.39, 0.29) is 4.83 Å². The Morgan fingerprint density at radius 1 is 1.24 bits per heavy atom. The van der Waals surface area contributed by atoms with Crippen molar-refractivity contribution in [1.29, 1.82) is 0 Å². The molecule has 1 unspecified atom stereocenters. The molecule has 90 valence electrons. The van der Waals surface area contributed by atoms with E-state index in [0.29, 0.717) is 5.56 Å². The molecule has 1 heterocycles. The molecule has 0 saturated carbocycles. The third-order valence-corrected chi connectivity index (χ3v) is 3.60. The predicted octanol–water partition coefficient (Wildman–Crippen LogP) is 4.60. The first kappa shape index (κ1) is 12.3. The quantitative estimate of drug-likeness (QED) is 0.755. The van der Waals surface area contributed by atoms with Crippen LogP contribution >= 0.6 is 15.9 Å². The van der Waals surface area contributed by atoms with Gasteiger partial charge in [-0.3, -0.25) is 0 Å². The monoisotopic (exact) mass is 300 g/mol. The van der Waals surface area contributed by atoms with Crippen LogP contribution in [0.1, 0.15) is 28.6 Å². The Bertz CT molecular complexity index is 522. The molecule has 1 atom stereocenters. The van der Waals surface area contributed by atoms with Gasteiger partial charge in [-0.25, -0.2) is 8.78 Å². The molecule has 4 heteroatoms. The Morgan fingerprint density at radius 3 is 2.65 bits per heavy atom. The lowest BCUT2D eigenvalue weighted by atomic mass is 10.0. The van der Waals surface area contributed by atoms with Crippen LogP contribution in [-0.2, 0) is 6.42 Å². The Hall–Kier alpha value is -1.16. The number of furan rings is 1. The van der Waals surface area contributed by atoms with Crippen molar-refractivity contribution in [3.8, 4) is 0 Å². The van der Waals surface area contributed by atoms with Gasteiger partial charge < -0.3 is 4.42 Å². The molecule has 0 amide bonds. The SMILES string of the molecule is CCc1occc1C(Br)c1ccc(F)cc1F. The van der Waals surface area contributed by atoms with Gasteiger partial charge in [0.2, 0.25) is 0 Å². The molecule has 0 aliphatic carbocycles. The van der Waals surface area contributed by atoms with E-state index in [4.69, 9.17) is 4.42 Å². The van der Waals surface area contributed by atoms with E-state index in [0.717, 1.165) is 23.8 Å². The van der Waals surface area contributed by atoms with Crippen LogP contribution in [0.4, 0.5) is 8.78 Å². The summed E-state index contributed by atoms with van der Waals surface area (Å²) in [5, 5.41) is 0. The van der Waals surface area contributed by atoms with Crippen LogP contribution in [0.3, 0.4) is 0 Å². The molecule has 0 bridgehead atoms. The van der Waals surface area contributed by atoms with Gasteiger partial charge in [0.25, 0.3) is 0 Å². The molecule has 2 rings (SSSR count). The van der Waals surface area contributed by atoms with Gasteiger partial charge in [-0.15, -0.1) is 0 Å². The molecule has 0 fully saturated rings. The zero-order valence-electron chi connectivity index (χ0n) is 9.21. The van der Waals surface area contributed by atoms with Gasteiger partial charge in [-0.05, 0) is 12.1 Å². The first-order chi connectivity index (χ1) is 8.13. The van der Waals surface area contributed by atoms with Crippen molar-refractivity contribution in [2.24, 2.45) is 0 Å². The zero-order valence-corrected chi connectivity index (χ0v) is 10.8.